The smallest absolute Gasteiger partial charge is 0.183 e. The molecule has 1 N–H and O–H groups in total. The fraction of sp³-hybridized carbons (Fsp3) is 0.438. The lowest BCUT2D eigenvalue weighted by Gasteiger charge is -2.02. The average molecular weight is 274 g/mol. The van der Waals surface area contributed by atoms with Crippen molar-refractivity contribution in [2.24, 2.45) is 5.92 Å². The predicted octanol–water partition coefficient (Wildman–Crippen LogP) is 4.30. The second kappa shape index (κ2) is 6.71. The predicted molar refractivity (Wildman–Crippen MR) is 84.0 cm³/mol. The first-order chi connectivity index (χ1) is 9.15. The van der Waals surface area contributed by atoms with E-state index >= 15 is 0 Å². The van der Waals surface area contributed by atoms with E-state index in [1.165, 1.54) is 16.1 Å². The number of hydrogen-bond donors (Lipinski definition) is 1. The Balaban J connectivity index is 1.86. The lowest BCUT2D eigenvalue weighted by Crippen LogP contribution is -2.04. The van der Waals surface area contributed by atoms with Crippen LogP contribution in [0.15, 0.2) is 30.3 Å². The molecular formula is C16H22N2S. The topological polar surface area (TPSA) is 24.9 Å². The summed E-state index contributed by atoms with van der Waals surface area (Å²) >= 11 is 1.80. The Hall–Kier alpha value is -1.35. The molecule has 0 aliphatic rings. The van der Waals surface area contributed by atoms with Crippen LogP contribution in [0.3, 0.4) is 0 Å². The summed E-state index contributed by atoms with van der Waals surface area (Å²) < 4.78 is 0. The summed E-state index contributed by atoms with van der Waals surface area (Å²) in [6, 6.07) is 10.6. The van der Waals surface area contributed by atoms with Crippen molar-refractivity contribution >= 4 is 16.5 Å². The van der Waals surface area contributed by atoms with E-state index in [0.29, 0.717) is 5.92 Å². The maximum absolute atomic E-state index is 4.60. The molecule has 2 aromatic rings. The zero-order chi connectivity index (χ0) is 13.7. The van der Waals surface area contributed by atoms with Gasteiger partial charge in [-0.3, -0.25) is 0 Å². The van der Waals surface area contributed by atoms with E-state index in [1.54, 1.807) is 11.3 Å². The summed E-state index contributed by atoms with van der Waals surface area (Å²) in [5, 5.41) is 4.49. The van der Waals surface area contributed by atoms with Gasteiger partial charge in [0.25, 0.3) is 0 Å². The van der Waals surface area contributed by atoms with Gasteiger partial charge in [-0.25, -0.2) is 4.98 Å². The van der Waals surface area contributed by atoms with Crippen molar-refractivity contribution in [1.82, 2.24) is 4.98 Å². The van der Waals surface area contributed by atoms with E-state index in [4.69, 9.17) is 0 Å². The van der Waals surface area contributed by atoms with Crippen LogP contribution in [0.4, 0.5) is 5.13 Å². The van der Waals surface area contributed by atoms with Crippen LogP contribution < -0.4 is 5.32 Å². The number of nitrogens with one attached hydrogen (secondary N) is 1. The second-order valence-electron chi connectivity index (χ2n) is 5.29. The highest BCUT2D eigenvalue weighted by Crippen LogP contribution is 2.25. The Morgan fingerprint density at radius 2 is 1.95 bits per heavy atom. The van der Waals surface area contributed by atoms with Gasteiger partial charge in [-0.15, -0.1) is 11.3 Å². The minimum absolute atomic E-state index is 0.691. The van der Waals surface area contributed by atoms with Crippen LogP contribution in [0.1, 0.15) is 30.0 Å². The Labute approximate surface area is 119 Å². The van der Waals surface area contributed by atoms with Gasteiger partial charge in [0.2, 0.25) is 0 Å². The molecule has 1 aromatic heterocycles. The van der Waals surface area contributed by atoms with Gasteiger partial charge in [-0.1, -0.05) is 44.2 Å². The van der Waals surface area contributed by atoms with Gasteiger partial charge in [0, 0.05) is 11.4 Å². The quantitative estimate of drug-likeness (QED) is 0.849. The van der Waals surface area contributed by atoms with Crippen LogP contribution >= 0.6 is 11.3 Å². The molecule has 0 saturated heterocycles. The highest BCUT2D eigenvalue weighted by atomic mass is 32.1. The molecule has 0 bridgehead atoms. The van der Waals surface area contributed by atoms with Gasteiger partial charge in [-0.05, 0) is 31.2 Å². The molecule has 0 aliphatic heterocycles. The Bertz CT molecular complexity index is 503. The van der Waals surface area contributed by atoms with E-state index in [1.807, 2.05) is 0 Å². The maximum atomic E-state index is 4.60. The highest BCUT2D eigenvalue weighted by Gasteiger charge is 2.08. The van der Waals surface area contributed by atoms with Crippen LogP contribution in [0, 0.1) is 12.8 Å². The molecule has 3 heteroatoms. The third-order valence-electron chi connectivity index (χ3n) is 3.02. The zero-order valence-corrected chi connectivity index (χ0v) is 12.8. The first-order valence-electron chi connectivity index (χ1n) is 6.89. The molecular weight excluding hydrogens is 252 g/mol. The number of aryl methyl sites for hydroxylation is 1. The molecule has 0 saturated carbocycles. The fourth-order valence-electron chi connectivity index (χ4n) is 2.02. The molecule has 1 heterocycles. The second-order valence-corrected chi connectivity index (χ2v) is 6.37. The summed E-state index contributed by atoms with van der Waals surface area (Å²) in [6.45, 7) is 7.55. The van der Waals surface area contributed by atoms with Gasteiger partial charge in [0.15, 0.2) is 5.13 Å². The largest absolute Gasteiger partial charge is 0.361 e. The summed E-state index contributed by atoms with van der Waals surface area (Å²) in [4.78, 5) is 6.02. The Morgan fingerprint density at radius 1 is 1.21 bits per heavy atom. The molecule has 0 fully saturated rings. The summed E-state index contributed by atoms with van der Waals surface area (Å²) in [5.74, 6) is 0.691. The number of benzene rings is 1. The van der Waals surface area contributed by atoms with Crippen molar-refractivity contribution in [3.8, 4) is 0 Å². The van der Waals surface area contributed by atoms with E-state index in [0.717, 1.165) is 24.5 Å². The molecule has 19 heavy (non-hydrogen) atoms. The molecule has 0 unspecified atom stereocenters. The molecule has 0 aliphatic carbocycles. The lowest BCUT2D eigenvalue weighted by atomic mass is 10.1. The standard InChI is InChI=1S/C16H22N2S/c1-12(2)11-15-13(3)18-16(19-15)17-10-9-14-7-5-4-6-8-14/h4-8,12H,9-11H2,1-3H3,(H,17,18). The first-order valence-corrected chi connectivity index (χ1v) is 7.71. The molecule has 102 valence electrons. The third-order valence-corrected chi connectivity index (χ3v) is 4.16. The summed E-state index contributed by atoms with van der Waals surface area (Å²) in [7, 11) is 0. The van der Waals surface area contributed by atoms with Crippen molar-refractivity contribution in [1.29, 1.82) is 0 Å². The number of rotatable bonds is 6. The zero-order valence-electron chi connectivity index (χ0n) is 11.9. The number of aromatic nitrogens is 1. The summed E-state index contributed by atoms with van der Waals surface area (Å²) in [5.41, 5.74) is 2.55. The molecule has 2 nitrogen and oxygen atoms in total. The van der Waals surface area contributed by atoms with Crippen molar-refractivity contribution in [2.75, 3.05) is 11.9 Å². The van der Waals surface area contributed by atoms with Crippen LogP contribution in [0.2, 0.25) is 0 Å². The molecule has 0 radical (unpaired) electrons. The van der Waals surface area contributed by atoms with Crippen LogP contribution in [-0.4, -0.2) is 11.5 Å². The van der Waals surface area contributed by atoms with Crippen molar-refractivity contribution in [3.63, 3.8) is 0 Å². The minimum Gasteiger partial charge on any atom is -0.361 e. The van der Waals surface area contributed by atoms with Crippen LogP contribution in [0.25, 0.3) is 0 Å². The van der Waals surface area contributed by atoms with Gasteiger partial charge in [0.05, 0.1) is 5.69 Å². The Kier molecular flexibility index (Phi) is 4.97. The highest BCUT2D eigenvalue weighted by molar-refractivity contribution is 7.15. The first kappa shape index (κ1) is 14.1. The number of hydrogen-bond acceptors (Lipinski definition) is 3. The SMILES string of the molecule is Cc1nc(NCCc2ccccc2)sc1CC(C)C. The third kappa shape index (κ3) is 4.35. The molecule has 0 amide bonds. The van der Waals surface area contributed by atoms with E-state index in [9.17, 15) is 0 Å². The summed E-state index contributed by atoms with van der Waals surface area (Å²) in [6.07, 6.45) is 2.17. The van der Waals surface area contributed by atoms with Crippen molar-refractivity contribution in [3.05, 3.63) is 46.5 Å². The maximum Gasteiger partial charge on any atom is 0.183 e. The van der Waals surface area contributed by atoms with Gasteiger partial charge >= 0.3 is 0 Å². The van der Waals surface area contributed by atoms with E-state index in [2.05, 4.69) is 61.4 Å². The van der Waals surface area contributed by atoms with Gasteiger partial charge in [0.1, 0.15) is 0 Å². The molecule has 1 aromatic carbocycles. The number of anilines is 1. The number of thiazole rings is 1. The van der Waals surface area contributed by atoms with Gasteiger partial charge < -0.3 is 5.32 Å². The number of nitrogens with zero attached hydrogens (tertiary/aromatic N) is 1. The lowest BCUT2D eigenvalue weighted by molar-refractivity contribution is 0.651. The van der Waals surface area contributed by atoms with Gasteiger partial charge in [-0.2, -0.15) is 0 Å². The Morgan fingerprint density at radius 3 is 2.63 bits per heavy atom. The van der Waals surface area contributed by atoms with E-state index < -0.39 is 0 Å². The fourth-order valence-corrected chi connectivity index (χ4v) is 3.22. The molecule has 2 rings (SSSR count). The monoisotopic (exact) mass is 274 g/mol. The molecule has 0 spiro atoms. The van der Waals surface area contributed by atoms with E-state index in [-0.39, 0.29) is 0 Å². The van der Waals surface area contributed by atoms with Crippen LogP contribution in [0.5, 0.6) is 0 Å². The average Bonchev–Trinajstić information content (AvgIpc) is 2.70. The molecule has 0 atom stereocenters. The normalized spacial score (nSPS) is 10.9. The van der Waals surface area contributed by atoms with Crippen LogP contribution in [-0.2, 0) is 12.8 Å². The minimum atomic E-state index is 0.691. The van der Waals surface area contributed by atoms with Crippen molar-refractivity contribution in [2.45, 2.75) is 33.6 Å². The van der Waals surface area contributed by atoms with Crippen molar-refractivity contribution < 1.29 is 0 Å².